The first-order chi connectivity index (χ1) is 20.7. The zero-order chi connectivity index (χ0) is 32.3. The molecule has 12 heteroatoms. The fourth-order valence-corrected chi connectivity index (χ4v) is 5.37. The molecule has 234 valence electrons. The normalized spacial score (nSPS) is 20.7. The number of esters is 1. The molecule has 1 saturated heterocycles. The molecule has 1 aromatic heterocycles. The van der Waals surface area contributed by atoms with Gasteiger partial charge >= 0.3 is 5.97 Å². The highest BCUT2D eigenvalue weighted by Gasteiger charge is 2.69. The highest BCUT2D eigenvalue weighted by atomic mass is 16.6. The number of carbonyl (C=O) groups is 5. The van der Waals surface area contributed by atoms with Crippen molar-refractivity contribution in [2.24, 2.45) is 11.5 Å². The molecule has 12 nitrogen and oxygen atoms in total. The summed E-state index contributed by atoms with van der Waals surface area (Å²) >= 11 is 0. The van der Waals surface area contributed by atoms with Gasteiger partial charge in [0.05, 0.1) is 12.5 Å². The number of hydrogen-bond acceptors (Lipinski definition) is 9. The number of nitrogens with one attached hydrogen (secondary N) is 1. The quantitative estimate of drug-likeness (QED) is 0.236. The van der Waals surface area contributed by atoms with Crippen molar-refractivity contribution in [3.8, 4) is 0 Å². The van der Waals surface area contributed by atoms with Crippen LogP contribution in [0.15, 0.2) is 65.1 Å². The first-order valence-corrected chi connectivity index (χ1v) is 14.4. The Bertz CT molecular complexity index is 1530. The second kappa shape index (κ2) is 12.6. The monoisotopic (exact) mass is 606 g/mol. The first kappa shape index (κ1) is 32.4. The lowest BCUT2D eigenvalue weighted by Gasteiger charge is -2.42. The molecule has 0 spiro atoms. The number of primary amides is 1. The largest absolute Gasteiger partial charge is 0.456 e. The third-order valence-corrected chi connectivity index (χ3v) is 7.54. The Morgan fingerprint density at radius 3 is 2.36 bits per heavy atom. The van der Waals surface area contributed by atoms with Gasteiger partial charge in [-0.05, 0) is 57.7 Å². The molecule has 0 saturated carbocycles. The predicted molar refractivity (Wildman–Crippen MR) is 160 cm³/mol. The van der Waals surface area contributed by atoms with Gasteiger partial charge in [-0.3, -0.25) is 19.2 Å². The zero-order valence-corrected chi connectivity index (χ0v) is 25.0. The summed E-state index contributed by atoms with van der Waals surface area (Å²) in [4.78, 5) is 67.2. The van der Waals surface area contributed by atoms with Crippen LogP contribution in [0.4, 0.5) is 0 Å². The summed E-state index contributed by atoms with van der Waals surface area (Å²) in [5, 5.41) is 15.1. The Morgan fingerprint density at radius 2 is 1.73 bits per heavy atom. The van der Waals surface area contributed by atoms with E-state index >= 15 is 0 Å². The van der Waals surface area contributed by atoms with Gasteiger partial charge in [-0.1, -0.05) is 48.5 Å². The number of furan rings is 1. The van der Waals surface area contributed by atoms with E-state index in [1.807, 2.05) is 30.3 Å². The van der Waals surface area contributed by atoms with E-state index in [0.29, 0.717) is 23.8 Å². The summed E-state index contributed by atoms with van der Waals surface area (Å²) < 4.78 is 11.0. The van der Waals surface area contributed by atoms with Crippen LogP contribution in [0.5, 0.6) is 0 Å². The van der Waals surface area contributed by atoms with E-state index < -0.39 is 58.8 Å². The maximum Gasteiger partial charge on any atom is 0.362 e. The molecule has 2 heterocycles. The minimum atomic E-state index is -2.94. The van der Waals surface area contributed by atoms with Gasteiger partial charge in [0.15, 0.2) is 11.5 Å². The van der Waals surface area contributed by atoms with Crippen LogP contribution in [-0.2, 0) is 30.3 Å². The lowest BCUT2D eigenvalue weighted by Crippen LogP contribution is -2.74. The molecule has 0 radical (unpaired) electrons. The number of likely N-dealkylation sites (tertiary alicyclic amines) is 1. The number of nitrogens with zero attached hydrogens (tertiary/aromatic N) is 1. The zero-order valence-electron chi connectivity index (χ0n) is 25.0. The van der Waals surface area contributed by atoms with Crippen molar-refractivity contribution in [2.45, 2.75) is 75.8 Å². The van der Waals surface area contributed by atoms with Crippen molar-refractivity contribution in [1.82, 2.24) is 10.2 Å². The van der Waals surface area contributed by atoms with Gasteiger partial charge in [-0.15, -0.1) is 0 Å². The number of ether oxygens (including phenoxy) is 1. The maximum atomic E-state index is 14.1. The van der Waals surface area contributed by atoms with Crippen LogP contribution >= 0.6 is 0 Å². The highest BCUT2D eigenvalue weighted by Crippen LogP contribution is 2.39. The number of Topliss-reactive ketones (excluding diaryl/α,β-unsaturated/α-hetero) is 1. The minimum Gasteiger partial charge on any atom is -0.456 e. The van der Waals surface area contributed by atoms with E-state index in [0.717, 1.165) is 10.5 Å². The molecule has 4 rings (SSSR count). The topological polar surface area (TPSA) is 195 Å². The summed E-state index contributed by atoms with van der Waals surface area (Å²) in [6.07, 6.45) is -0.154. The van der Waals surface area contributed by atoms with E-state index in [1.54, 1.807) is 45.0 Å². The predicted octanol–water partition coefficient (Wildman–Crippen LogP) is 1.96. The molecule has 0 bridgehead atoms. The van der Waals surface area contributed by atoms with E-state index in [9.17, 15) is 29.1 Å². The second-order valence-electron chi connectivity index (χ2n) is 12.0. The Balaban J connectivity index is 1.63. The number of aryl methyl sites for hydroxylation is 1. The number of ketones is 1. The number of benzene rings is 2. The average Bonchev–Trinajstić information content (AvgIpc) is 3.52. The number of aliphatic hydroxyl groups is 1. The van der Waals surface area contributed by atoms with Crippen molar-refractivity contribution < 1.29 is 38.2 Å². The van der Waals surface area contributed by atoms with Gasteiger partial charge in [0, 0.05) is 18.4 Å². The van der Waals surface area contributed by atoms with Crippen LogP contribution in [0, 0.1) is 0 Å². The number of para-hydroxylation sites is 1. The summed E-state index contributed by atoms with van der Waals surface area (Å²) in [5.41, 5.74) is 6.88. The van der Waals surface area contributed by atoms with E-state index in [4.69, 9.17) is 20.6 Å². The Hall–Kier alpha value is -4.55. The van der Waals surface area contributed by atoms with E-state index in [-0.39, 0.29) is 25.1 Å². The van der Waals surface area contributed by atoms with Crippen LogP contribution in [0.3, 0.4) is 0 Å². The molecule has 0 aliphatic carbocycles. The van der Waals surface area contributed by atoms with Crippen molar-refractivity contribution in [1.29, 1.82) is 0 Å². The molecule has 1 aliphatic rings. The first-order valence-electron chi connectivity index (χ1n) is 14.4. The number of fused-ring (bicyclic) bond motifs is 1. The number of nitrogens with two attached hydrogens (primary N) is 2. The molecule has 1 fully saturated rings. The van der Waals surface area contributed by atoms with Gasteiger partial charge in [-0.25, -0.2) is 4.79 Å². The molecular weight excluding hydrogens is 568 g/mol. The lowest BCUT2D eigenvalue weighted by molar-refractivity contribution is -0.207. The summed E-state index contributed by atoms with van der Waals surface area (Å²) in [5.74, 6) is -4.96. The van der Waals surface area contributed by atoms with Gasteiger partial charge in [-0.2, -0.15) is 0 Å². The second-order valence-corrected chi connectivity index (χ2v) is 12.0. The van der Waals surface area contributed by atoms with E-state index in [2.05, 4.69) is 5.32 Å². The lowest BCUT2D eigenvalue weighted by atomic mass is 9.79. The van der Waals surface area contributed by atoms with Gasteiger partial charge in [0.1, 0.15) is 16.7 Å². The fourth-order valence-electron chi connectivity index (χ4n) is 5.37. The molecule has 44 heavy (non-hydrogen) atoms. The SMILES string of the molecule is CC(C)(C)OC(=O)[C@]1(O)N(C(=O)CCCc2ccccc2)CC[C@@]1(N)C(=O)[C@H](CC(N)=O)NC(=O)c1cc2ccccc2o1. The van der Waals surface area contributed by atoms with Crippen LogP contribution in [0.1, 0.15) is 62.6 Å². The van der Waals surface area contributed by atoms with E-state index in [1.165, 1.54) is 6.07 Å². The van der Waals surface area contributed by atoms with Gasteiger partial charge in [0.25, 0.3) is 11.6 Å². The summed E-state index contributed by atoms with van der Waals surface area (Å²) in [7, 11) is 0. The molecule has 6 N–H and O–H groups in total. The molecule has 1 aliphatic heterocycles. The third kappa shape index (κ3) is 6.66. The van der Waals surface area contributed by atoms with Crippen LogP contribution in [0.2, 0.25) is 0 Å². The Morgan fingerprint density at radius 1 is 1.07 bits per heavy atom. The highest BCUT2D eigenvalue weighted by molar-refractivity contribution is 6.06. The summed E-state index contributed by atoms with van der Waals surface area (Å²) in [6.45, 7) is 4.40. The number of amides is 3. The Kier molecular flexibility index (Phi) is 9.26. The smallest absolute Gasteiger partial charge is 0.362 e. The van der Waals surface area contributed by atoms with Crippen LogP contribution in [0.25, 0.3) is 11.0 Å². The molecular formula is C32H38N4O8. The van der Waals surface area contributed by atoms with Crippen molar-refractivity contribution in [2.75, 3.05) is 6.54 Å². The van der Waals surface area contributed by atoms with Crippen molar-refractivity contribution in [3.05, 3.63) is 72.0 Å². The minimum absolute atomic E-state index is 0.0578. The van der Waals surface area contributed by atoms with Crippen LogP contribution < -0.4 is 16.8 Å². The molecule has 2 aromatic carbocycles. The summed E-state index contributed by atoms with van der Waals surface area (Å²) in [6, 6.07) is 16.1. The molecule has 3 aromatic rings. The molecule has 0 unspecified atom stereocenters. The fraction of sp³-hybridized carbons (Fsp3) is 0.406. The average molecular weight is 607 g/mol. The number of rotatable bonds is 11. The molecule has 3 amide bonds. The van der Waals surface area contributed by atoms with Gasteiger partial charge in [0.2, 0.25) is 11.8 Å². The maximum absolute atomic E-state index is 14.1. The Labute approximate surface area is 254 Å². The van der Waals surface area contributed by atoms with Crippen molar-refractivity contribution in [3.63, 3.8) is 0 Å². The molecule has 3 atom stereocenters. The third-order valence-electron chi connectivity index (χ3n) is 7.54. The van der Waals surface area contributed by atoms with Crippen LogP contribution in [-0.4, -0.2) is 68.9 Å². The standard InChI is InChI=1S/C32H38N4O8/c1-30(2,3)44-29(41)32(42)31(34,16-17-36(32)26(38)15-9-12-20-10-5-4-6-11-20)27(39)22(19-25(33)37)35-28(40)24-18-21-13-7-8-14-23(21)43-24/h4-8,10-11,13-14,18,22,42H,9,12,15-17,19,34H2,1-3H3,(H2,33,37)(H,35,40)/t22-,31+,32+/m0/s1. The van der Waals surface area contributed by atoms with Gasteiger partial charge < -0.3 is 35.9 Å². The van der Waals surface area contributed by atoms with Crippen molar-refractivity contribution >= 4 is 40.4 Å². The number of hydrogen-bond donors (Lipinski definition) is 4. The number of carbonyl (C=O) groups excluding carboxylic acids is 5.